The largest absolute Gasteiger partial charge is 0.444 e. The Kier molecular flexibility index (Phi) is 11.4. The molecule has 0 saturated carbocycles. The average Bonchev–Trinajstić information content (AvgIpc) is 3.42. The van der Waals surface area contributed by atoms with Crippen LogP contribution < -0.4 is 4.90 Å². The van der Waals surface area contributed by atoms with Gasteiger partial charge in [0.25, 0.3) is 0 Å². The minimum atomic E-state index is -4.92. The van der Waals surface area contributed by atoms with Crippen molar-refractivity contribution >= 4 is 11.8 Å². The van der Waals surface area contributed by atoms with E-state index >= 15 is 0 Å². The van der Waals surface area contributed by atoms with Crippen LogP contribution >= 0.6 is 0 Å². The van der Waals surface area contributed by atoms with Crippen LogP contribution in [0.1, 0.15) is 95.7 Å². The number of nitrogens with zero attached hydrogens (tertiary/aromatic N) is 4. The highest BCUT2D eigenvalue weighted by atomic mass is 19.4. The summed E-state index contributed by atoms with van der Waals surface area (Å²) in [4.78, 5) is 26.3. The molecule has 1 amide bonds. The van der Waals surface area contributed by atoms with E-state index in [4.69, 9.17) is 4.74 Å². The Bertz CT molecular complexity index is 1300. The van der Waals surface area contributed by atoms with Crippen LogP contribution in [0, 0.1) is 11.8 Å². The Morgan fingerprint density at radius 2 is 1.51 bits per heavy atom. The van der Waals surface area contributed by atoms with E-state index in [0.29, 0.717) is 63.9 Å². The molecule has 2 aliphatic rings. The van der Waals surface area contributed by atoms with Gasteiger partial charge in [0, 0.05) is 31.6 Å². The molecule has 0 radical (unpaired) electrons. The lowest BCUT2D eigenvalue weighted by Crippen LogP contribution is -2.54. The van der Waals surface area contributed by atoms with E-state index in [0.717, 1.165) is 17.8 Å². The summed E-state index contributed by atoms with van der Waals surface area (Å²) in [5.74, 6) is 0.352. The number of anilines is 1. The predicted molar refractivity (Wildman–Crippen MR) is 166 cm³/mol. The van der Waals surface area contributed by atoms with E-state index in [-0.39, 0.29) is 48.1 Å². The molecule has 13 heteroatoms. The van der Waals surface area contributed by atoms with Crippen molar-refractivity contribution in [3.8, 4) is 0 Å². The van der Waals surface area contributed by atoms with E-state index < -0.39 is 35.2 Å². The Balaban J connectivity index is 1.62. The summed E-state index contributed by atoms with van der Waals surface area (Å²) in [6, 6.07) is 1.46. The molecule has 4 rings (SSSR count). The van der Waals surface area contributed by atoms with Gasteiger partial charge >= 0.3 is 18.4 Å². The van der Waals surface area contributed by atoms with Gasteiger partial charge in [0.1, 0.15) is 11.4 Å². The molecule has 0 bridgehead atoms. The van der Waals surface area contributed by atoms with Gasteiger partial charge in [-0.15, -0.1) is 0 Å². The molecule has 2 aromatic rings. The summed E-state index contributed by atoms with van der Waals surface area (Å²) in [7, 11) is 0. The molecule has 1 aromatic heterocycles. The summed E-state index contributed by atoms with van der Waals surface area (Å²) in [6.07, 6.45) is -3.40. The van der Waals surface area contributed by atoms with E-state index in [2.05, 4.69) is 9.97 Å². The van der Waals surface area contributed by atoms with Crippen LogP contribution in [0.15, 0.2) is 30.6 Å². The van der Waals surface area contributed by atoms with Gasteiger partial charge in [0.15, 0.2) is 0 Å². The number of aromatic nitrogens is 2. The first-order valence-corrected chi connectivity index (χ1v) is 16.4. The van der Waals surface area contributed by atoms with Gasteiger partial charge in [0.05, 0.1) is 35.3 Å². The van der Waals surface area contributed by atoms with Gasteiger partial charge in [-0.05, 0) is 101 Å². The maximum Gasteiger partial charge on any atom is 0.416 e. The number of aryl methyl sites for hydroxylation is 1. The van der Waals surface area contributed by atoms with E-state index in [9.17, 15) is 36.2 Å². The zero-order chi connectivity index (χ0) is 34.7. The maximum absolute atomic E-state index is 13.6. The zero-order valence-electron chi connectivity index (χ0n) is 27.7. The molecule has 0 aliphatic carbocycles. The highest BCUT2D eigenvalue weighted by molar-refractivity contribution is 5.69. The Morgan fingerprint density at radius 1 is 0.957 bits per heavy atom. The Labute approximate surface area is 272 Å². The number of hydrogen-bond donors (Lipinski definition) is 1. The van der Waals surface area contributed by atoms with Crippen LogP contribution in [0.2, 0.25) is 0 Å². The summed E-state index contributed by atoms with van der Waals surface area (Å²) in [5.41, 5.74) is -2.59. The Hall–Kier alpha value is -3.09. The Morgan fingerprint density at radius 3 is 1.96 bits per heavy atom. The standard InChI is InChI=1S/C34H46F6N4O3/c1-6-26-14-23(15-27(7-2)44(26)31(46)47-32(3,4)5)22(16-30-41-18-28(19-42-30)43-11-10-29(45)20-43)9-8-21-12-24(33(35,36)37)17-25(13-21)34(38,39)40/h12-13,17-19,22-23,26-27,29,45H,6-11,14-16,20H2,1-5H3/t22?,23?,26-,27?,29+/m1/s1. The van der Waals surface area contributed by atoms with Gasteiger partial charge in [-0.25, -0.2) is 14.8 Å². The lowest BCUT2D eigenvalue weighted by atomic mass is 9.73. The fourth-order valence-corrected chi connectivity index (χ4v) is 6.89. The van der Waals surface area contributed by atoms with Crippen molar-refractivity contribution in [2.45, 2.75) is 122 Å². The first-order chi connectivity index (χ1) is 21.9. The molecule has 47 heavy (non-hydrogen) atoms. The molecule has 2 saturated heterocycles. The number of carbonyl (C=O) groups is 1. The van der Waals surface area contributed by atoms with Crippen molar-refractivity contribution < 1.29 is 41.0 Å². The molecule has 5 atom stereocenters. The molecule has 2 aliphatic heterocycles. The monoisotopic (exact) mass is 672 g/mol. The van der Waals surface area contributed by atoms with Crippen molar-refractivity contribution in [1.29, 1.82) is 0 Å². The number of hydrogen-bond acceptors (Lipinski definition) is 6. The molecular formula is C34H46F6N4O3. The molecule has 2 fully saturated rings. The lowest BCUT2D eigenvalue weighted by molar-refractivity contribution is -0.143. The highest BCUT2D eigenvalue weighted by Crippen LogP contribution is 2.41. The van der Waals surface area contributed by atoms with Crippen LogP contribution in [0.3, 0.4) is 0 Å². The summed E-state index contributed by atoms with van der Waals surface area (Å²) in [6.45, 7) is 10.6. The van der Waals surface area contributed by atoms with Crippen molar-refractivity contribution in [1.82, 2.24) is 14.9 Å². The molecular weight excluding hydrogens is 626 g/mol. The number of piperidine rings is 1. The van der Waals surface area contributed by atoms with Gasteiger partial charge in [0.2, 0.25) is 0 Å². The topological polar surface area (TPSA) is 78.8 Å². The molecule has 7 nitrogen and oxygen atoms in total. The number of β-amino-alcohol motifs (C(OH)–C–C–N with tert-alkyl or cyclic N) is 1. The smallest absolute Gasteiger partial charge is 0.416 e. The third kappa shape index (κ3) is 9.73. The number of aliphatic hydroxyl groups is 1. The van der Waals surface area contributed by atoms with Crippen LogP contribution in [-0.4, -0.2) is 62.9 Å². The normalized spacial score (nSPS) is 23.2. The first kappa shape index (κ1) is 36.7. The molecule has 262 valence electrons. The number of rotatable bonds is 9. The molecule has 1 aromatic carbocycles. The number of halogens is 6. The van der Waals surface area contributed by atoms with Gasteiger partial charge in [-0.3, -0.25) is 0 Å². The third-order valence-electron chi connectivity index (χ3n) is 9.27. The fraction of sp³-hybridized carbons (Fsp3) is 0.676. The minimum absolute atomic E-state index is 0.00127. The molecule has 1 N–H and O–H groups in total. The number of amides is 1. The van der Waals surface area contributed by atoms with E-state index in [1.807, 2.05) is 44.4 Å². The second-order valence-corrected chi connectivity index (χ2v) is 13.9. The zero-order valence-corrected chi connectivity index (χ0v) is 27.7. The lowest BCUT2D eigenvalue weighted by Gasteiger charge is -2.47. The average molecular weight is 673 g/mol. The summed E-state index contributed by atoms with van der Waals surface area (Å²) < 4.78 is 87.4. The van der Waals surface area contributed by atoms with Crippen LogP contribution in [0.25, 0.3) is 0 Å². The maximum atomic E-state index is 13.6. The van der Waals surface area contributed by atoms with Gasteiger partial charge in [-0.1, -0.05) is 13.8 Å². The number of likely N-dealkylation sites (tertiary alicyclic amines) is 1. The van der Waals surface area contributed by atoms with Crippen LogP contribution in [-0.2, 0) is 29.9 Å². The van der Waals surface area contributed by atoms with E-state index in [1.54, 1.807) is 12.4 Å². The molecule has 3 heterocycles. The van der Waals surface area contributed by atoms with Crippen LogP contribution in [0.4, 0.5) is 36.8 Å². The number of alkyl halides is 6. The number of benzene rings is 1. The predicted octanol–water partition coefficient (Wildman–Crippen LogP) is 8.08. The second-order valence-electron chi connectivity index (χ2n) is 13.9. The SMILES string of the molecule is CCC1CC(C(CCc2cc(C(F)(F)F)cc(C(F)(F)F)c2)Cc2ncc(N3CC[C@H](O)C3)cn2)C[C@@H](CC)N1C(=O)OC(C)(C)C. The first-order valence-electron chi connectivity index (χ1n) is 16.4. The summed E-state index contributed by atoms with van der Waals surface area (Å²) in [5, 5.41) is 9.91. The third-order valence-corrected chi connectivity index (χ3v) is 9.27. The molecule has 0 spiro atoms. The number of aliphatic hydroxyl groups excluding tert-OH is 1. The van der Waals surface area contributed by atoms with Crippen molar-refractivity contribution in [2.24, 2.45) is 11.8 Å². The van der Waals surface area contributed by atoms with Gasteiger partial charge in [-0.2, -0.15) is 26.3 Å². The fourth-order valence-electron chi connectivity index (χ4n) is 6.89. The minimum Gasteiger partial charge on any atom is -0.444 e. The van der Waals surface area contributed by atoms with Crippen molar-refractivity contribution in [2.75, 3.05) is 18.0 Å². The second kappa shape index (κ2) is 14.6. The van der Waals surface area contributed by atoms with E-state index in [1.165, 1.54) is 0 Å². The van der Waals surface area contributed by atoms with Crippen LogP contribution in [0.5, 0.6) is 0 Å². The van der Waals surface area contributed by atoms with Gasteiger partial charge < -0.3 is 19.6 Å². The quantitative estimate of drug-likeness (QED) is 0.272. The summed E-state index contributed by atoms with van der Waals surface area (Å²) >= 11 is 0. The van der Waals surface area contributed by atoms with Crippen molar-refractivity contribution in [3.63, 3.8) is 0 Å². The molecule has 3 unspecified atom stereocenters. The number of ether oxygens (including phenoxy) is 1. The number of carbonyl (C=O) groups excluding carboxylic acids is 1. The van der Waals surface area contributed by atoms with Crippen molar-refractivity contribution in [3.05, 3.63) is 53.1 Å². The highest BCUT2D eigenvalue weighted by Gasteiger charge is 2.42.